The Morgan fingerprint density at radius 1 is 1.20 bits per heavy atom. The number of rotatable bonds is 0. The van der Waals surface area contributed by atoms with Crippen LogP contribution in [0.15, 0.2) is 34.9 Å². The molecule has 1 heteroatoms. The molecule has 4 unspecified atom stereocenters. The van der Waals surface area contributed by atoms with Crippen LogP contribution in [0.3, 0.4) is 0 Å². The van der Waals surface area contributed by atoms with Crippen molar-refractivity contribution in [3.63, 3.8) is 0 Å². The van der Waals surface area contributed by atoms with Gasteiger partial charge in [0.15, 0.2) is 5.78 Å². The fourth-order valence-electron chi connectivity index (χ4n) is 5.43. The predicted octanol–water partition coefficient (Wildman–Crippen LogP) is 4.60. The minimum atomic E-state index is 0.259. The summed E-state index contributed by atoms with van der Waals surface area (Å²) in [6.07, 6.45) is 13.8. The third-order valence-corrected chi connectivity index (χ3v) is 6.66. The van der Waals surface area contributed by atoms with Gasteiger partial charge in [0, 0.05) is 6.42 Å². The van der Waals surface area contributed by atoms with Gasteiger partial charge in [-0.1, -0.05) is 30.2 Å². The van der Waals surface area contributed by atoms with Gasteiger partial charge < -0.3 is 0 Å². The van der Waals surface area contributed by atoms with Crippen LogP contribution in [-0.4, -0.2) is 5.78 Å². The molecule has 1 saturated carbocycles. The summed E-state index contributed by atoms with van der Waals surface area (Å²) in [6, 6.07) is 0. The summed E-state index contributed by atoms with van der Waals surface area (Å²) < 4.78 is 0. The van der Waals surface area contributed by atoms with Crippen molar-refractivity contribution in [3.8, 4) is 0 Å². The molecule has 0 aromatic carbocycles. The number of carbonyl (C=O) groups excluding carboxylic acids is 1. The Morgan fingerprint density at radius 3 is 2.90 bits per heavy atom. The van der Waals surface area contributed by atoms with Gasteiger partial charge in [-0.05, 0) is 73.8 Å². The van der Waals surface area contributed by atoms with Gasteiger partial charge in [-0.2, -0.15) is 0 Å². The number of hydrogen-bond acceptors (Lipinski definition) is 1. The van der Waals surface area contributed by atoms with E-state index in [2.05, 4.69) is 26.0 Å². The van der Waals surface area contributed by atoms with E-state index in [1.807, 2.05) is 6.08 Å². The van der Waals surface area contributed by atoms with Crippen molar-refractivity contribution in [2.45, 2.75) is 52.4 Å². The van der Waals surface area contributed by atoms with Crippen LogP contribution in [0.1, 0.15) is 52.4 Å². The molecule has 0 bridgehead atoms. The van der Waals surface area contributed by atoms with Gasteiger partial charge in [0.25, 0.3) is 0 Å². The van der Waals surface area contributed by atoms with Crippen LogP contribution in [0.4, 0.5) is 0 Å². The smallest absolute Gasteiger partial charge is 0.156 e. The predicted molar refractivity (Wildman–Crippen MR) is 81.2 cm³/mol. The topological polar surface area (TPSA) is 17.1 Å². The first kappa shape index (κ1) is 12.6. The van der Waals surface area contributed by atoms with Crippen LogP contribution >= 0.6 is 0 Å². The molecule has 1 nitrogen and oxygen atoms in total. The highest BCUT2D eigenvalue weighted by Gasteiger charge is 2.49. The average Bonchev–Trinajstić information content (AvgIpc) is 2.82. The molecule has 0 spiro atoms. The summed E-state index contributed by atoms with van der Waals surface area (Å²) in [5.41, 5.74) is 5.03. The zero-order chi connectivity index (χ0) is 13.9. The number of carbonyl (C=O) groups is 1. The highest BCUT2D eigenvalue weighted by Crippen LogP contribution is 2.59. The van der Waals surface area contributed by atoms with E-state index in [4.69, 9.17) is 0 Å². The van der Waals surface area contributed by atoms with E-state index in [1.165, 1.54) is 31.3 Å². The van der Waals surface area contributed by atoms with Crippen molar-refractivity contribution in [1.29, 1.82) is 0 Å². The first-order valence-corrected chi connectivity index (χ1v) is 8.21. The molecule has 0 aliphatic heterocycles. The van der Waals surface area contributed by atoms with Gasteiger partial charge in [0.2, 0.25) is 0 Å². The second kappa shape index (κ2) is 4.19. The van der Waals surface area contributed by atoms with Gasteiger partial charge in [0.1, 0.15) is 0 Å². The molecule has 0 heterocycles. The summed E-state index contributed by atoms with van der Waals surface area (Å²) in [7, 11) is 0. The number of fused-ring (bicyclic) bond motifs is 5. The lowest BCUT2D eigenvalue weighted by Crippen LogP contribution is -2.43. The molecule has 4 aliphatic rings. The summed E-state index contributed by atoms with van der Waals surface area (Å²) in [4.78, 5) is 11.7. The highest BCUT2D eigenvalue weighted by molar-refractivity contribution is 5.92. The molecule has 0 amide bonds. The molecule has 106 valence electrons. The SMILES string of the molecule is CC1=C2CCC3C(C=CC4=CC(=O)CCC43C)C2CC1. The monoisotopic (exact) mass is 268 g/mol. The Kier molecular flexibility index (Phi) is 2.64. The van der Waals surface area contributed by atoms with E-state index < -0.39 is 0 Å². The lowest BCUT2D eigenvalue weighted by molar-refractivity contribution is -0.116. The van der Waals surface area contributed by atoms with E-state index in [1.54, 1.807) is 11.1 Å². The van der Waals surface area contributed by atoms with Gasteiger partial charge in [-0.25, -0.2) is 0 Å². The molecule has 0 aromatic heterocycles. The van der Waals surface area contributed by atoms with Crippen molar-refractivity contribution < 1.29 is 4.79 Å². The van der Waals surface area contributed by atoms with Crippen molar-refractivity contribution in [1.82, 2.24) is 0 Å². The maximum Gasteiger partial charge on any atom is 0.156 e. The second-order valence-electron chi connectivity index (χ2n) is 7.52. The zero-order valence-corrected chi connectivity index (χ0v) is 12.6. The Balaban J connectivity index is 1.76. The molecular formula is C19H24O. The minimum Gasteiger partial charge on any atom is -0.295 e. The maximum atomic E-state index is 11.7. The zero-order valence-electron chi connectivity index (χ0n) is 12.6. The summed E-state index contributed by atoms with van der Waals surface area (Å²) in [5.74, 6) is 2.62. The molecule has 20 heavy (non-hydrogen) atoms. The van der Waals surface area contributed by atoms with Crippen LogP contribution in [0.5, 0.6) is 0 Å². The highest BCUT2D eigenvalue weighted by atomic mass is 16.1. The van der Waals surface area contributed by atoms with Crippen LogP contribution in [0, 0.1) is 23.2 Å². The Morgan fingerprint density at radius 2 is 2.05 bits per heavy atom. The van der Waals surface area contributed by atoms with E-state index >= 15 is 0 Å². The molecule has 4 rings (SSSR count). The summed E-state index contributed by atoms with van der Waals surface area (Å²) >= 11 is 0. The maximum absolute atomic E-state index is 11.7. The Hall–Kier alpha value is -1.11. The lowest BCUT2D eigenvalue weighted by atomic mass is 9.53. The van der Waals surface area contributed by atoms with Crippen molar-refractivity contribution in [3.05, 3.63) is 34.9 Å². The molecule has 1 fully saturated rings. The van der Waals surface area contributed by atoms with Crippen molar-refractivity contribution in [2.24, 2.45) is 23.2 Å². The molecule has 4 aliphatic carbocycles. The third kappa shape index (κ3) is 1.58. The quantitative estimate of drug-likeness (QED) is 0.587. The van der Waals surface area contributed by atoms with E-state index in [0.717, 1.165) is 30.6 Å². The van der Waals surface area contributed by atoms with Crippen LogP contribution in [0.25, 0.3) is 0 Å². The van der Waals surface area contributed by atoms with Crippen LogP contribution < -0.4 is 0 Å². The molecule has 0 aromatic rings. The molecule has 0 N–H and O–H groups in total. The van der Waals surface area contributed by atoms with Gasteiger partial charge >= 0.3 is 0 Å². The standard InChI is InChI=1S/C19H24O/c1-12-3-5-16-15(12)7-8-18-17(16)6-4-13-11-14(20)9-10-19(13,18)2/h4,6,11,16-18H,3,5,7-10H2,1-2H3. The fraction of sp³-hybridized carbons (Fsp3) is 0.632. The fourth-order valence-corrected chi connectivity index (χ4v) is 5.43. The van der Waals surface area contributed by atoms with E-state index in [-0.39, 0.29) is 5.41 Å². The summed E-state index contributed by atoms with van der Waals surface area (Å²) in [5, 5.41) is 0. The normalized spacial score (nSPS) is 43.0. The summed E-state index contributed by atoms with van der Waals surface area (Å²) in [6.45, 7) is 4.76. The van der Waals surface area contributed by atoms with E-state index in [0.29, 0.717) is 5.78 Å². The first-order chi connectivity index (χ1) is 9.59. The largest absolute Gasteiger partial charge is 0.295 e. The van der Waals surface area contributed by atoms with Crippen molar-refractivity contribution in [2.75, 3.05) is 0 Å². The number of hydrogen-bond donors (Lipinski definition) is 0. The van der Waals surface area contributed by atoms with Gasteiger partial charge in [0.05, 0.1) is 0 Å². The first-order valence-electron chi connectivity index (χ1n) is 8.21. The molecule has 4 atom stereocenters. The Bertz CT molecular complexity index is 562. The van der Waals surface area contributed by atoms with Gasteiger partial charge in [-0.15, -0.1) is 0 Å². The number of allylic oxidation sites excluding steroid dienone is 6. The molecular weight excluding hydrogens is 244 g/mol. The molecule has 0 radical (unpaired) electrons. The lowest BCUT2D eigenvalue weighted by Gasteiger charge is -2.51. The average molecular weight is 268 g/mol. The van der Waals surface area contributed by atoms with Crippen molar-refractivity contribution >= 4 is 5.78 Å². The number of ketones is 1. The van der Waals surface area contributed by atoms with E-state index in [9.17, 15) is 4.79 Å². The Labute approximate surface area is 121 Å². The van der Waals surface area contributed by atoms with Crippen LogP contribution in [0.2, 0.25) is 0 Å². The van der Waals surface area contributed by atoms with Crippen LogP contribution in [-0.2, 0) is 4.79 Å². The minimum absolute atomic E-state index is 0.259. The van der Waals surface area contributed by atoms with Gasteiger partial charge in [-0.3, -0.25) is 4.79 Å². The molecule has 0 saturated heterocycles. The second-order valence-corrected chi connectivity index (χ2v) is 7.52. The third-order valence-electron chi connectivity index (χ3n) is 6.66.